The van der Waals surface area contributed by atoms with E-state index >= 15 is 0 Å². The van der Waals surface area contributed by atoms with Gasteiger partial charge in [0.2, 0.25) is 16.2 Å². The molecular formula is C27H29ClN6OS. The quantitative estimate of drug-likeness (QED) is 0.324. The summed E-state index contributed by atoms with van der Waals surface area (Å²) < 4.78 is 2.08. The van der Waals surface area contributed by atoms with Crippen LogP contribution in [-0.2, 0) is 17.9 Å². The highest BCUT2D eigenvalue weighted by atomic mass is 35.5. The summed E-state index contributed by atoms with van der Waals surface area (Å²) in [5.74, 6) is 0.130. The predicted octanol–water partition coefficient (Wildman–Crippen LogP) is 5.44. The minimum Gasteiger partial charge on any atom is -0.379 e. The molecule has 5 rings (SSSR count). The molecule has 9 heteroatoms. The molecule has 0 bridgehead atoms. The molecule has 2 aromatic carbocycles. The number of amides is 1. The van der Waals surface area contributed by atoms with Gasteiger partial charge in [0.25, 0.3) is 0 Å². The van der Waals surface area contributed by atoms with Crippen LogP contribution in [0.2, 0.25) is 5.02 Å². The van der Waals surface area contributed by atoms with E-state index in [2.05, 4.69) is 67.6 Å². The molecule has 186 valence electrons. The third-order valence-electron chi connectivity index (χ3n) is 6.48. The van der Waals surface area contributed by atoms with Crippen molar-refractivity contribution in [3.8, 4) is 5.13 Å². The van der Waals surface area contributed by atoms with E-state index < -0.39 is 0 Å². The molecule has 1 aliphatic rings. The normalized spacial score (nSPS) is 14.1. The molecule has 0 radical (unpaired) electrons. The number of aromatic nitrogens is 3. The largest absolute Gasteiger partial charge is 0.379 e. The molecule has 0 spiro atoms. The first-order valence-electron chi connectivity index (χ1n) is 12.1. The molecule has 2 aromatic heterocycles. The van der Waals surface area contributed by atoms with E-state index in [9.17, 15) is 4.79 Å². The molecule has 1 amide bonds. The number of hydrogen-bond acceptors (Lipinski definition) is 6. The molecule has 3 heterocycles. The van der Waals surface area contributed by atoms with Gasteiger partial charge in [-0.1, -0.05) is 52.8 Å². The molecule has 0 aliphatic carbocycles. The average Bonchev–Trinajstić information content (AvgIpc) is 3.58. The zero-order valence-corrected chi connectivity index (χ0v) is 21.7. The second-order valence-corrected chi connectivity index (χ2v) is 10.4. The van der Waals surface area contributed by atoms with Crippen molar-refractivity contribution in [2.24, 2.45) is 5.92 Å². The molecule has 1 saturated heterocycles. The van der Waals surface area contributed by atoms with Gasteiger partial charge in [-0.2, -0.15) is 0 Å². The third-order valence-corrected chi connectivity index (χ3v) is 7.72. The van der Waals surface area contributed by atoms with Gasteiger partial charge in [0.1, 0.15) is 0 Å². The van der Waals surface area contributed by atoms with Crippen molar-refractivity contribution < 1.29 is 4.79 Å². The highest BCUT2D eigenvalue weighted by Gasteiger charge is 2.26. The number of carbonyl (C=O) groups excluding carboxylic acids is 1. The number of hydrogen-bond donors (Lipinski definition) is 2. The Morgan fingerprint density at radius 2 is 1.72 bits per heavy atom. The van der Waals surface area contributed by atoms with E-state index in [0.29, 0.717) is 18.1 Å². The smallest absolute Gasteiger partial charge is 0.223 e. The van der Waals surface area contributed by atoms with Gasteiger partial charge in [0.05, 0.1) is 6.54 Å². The summed E-state index contributed by atoms with van der Waals surface area (Å²) in [7, 11) is 0. The Labute approximate surface area is 220 Å². The molecular weight excluding hydrogens is 492 g/mol. The zero-order valence-electron chi connectivity index (χ0n) is 20.2. The molecule has 0 saturated carbocycles. The van der Waals surface area contributed by atoms with E-state index in [1.54, 1.807) is 11.3 Å². The summed E-state index contributed by atoms with van der Waals surface area (Å²) in [4.78, 5) is 14.9. The molecule has 36 heavy (non-hydrogen) atoms. The number of nitrogens with one attached hydrogen (secondary N) is 2. The van der Waals surface area contributed by atoms with Gasteiger partial charge in [-0.25, -0.2) is 0 Å². The Kier molecular flexibility index (Phi) is 7.53. The fourth-order valence-electron chi connectivity index (χ4n) is 4.31. The standard InChI is InChI=1S/C27H29ClN6OS/c1-19-4-10-23(11-5-19)29-18-24-3-2-14-34(24)27-32-31-26(36-27)33-15-12-21(13-16-33)25(35)30-17-20-6-8-22(28)9-7-20/h2-11,14,21,29H,12-13,15-18H2,1H3,(H,30,35). The maximum Gasteiger partial charge on any atom is 0.223 e. The fourth-order valence-corrected chi connectivity index (χ4v) is 5.35. The number of nitrogens with zero attached hydrogens (tertiary/aromatic N) is 4. The second-order valence-electron chi connectivity index (χ2n) is 9.06. The van der Waals surface area contributed by atoms with Gasteiger partial charge >= 0.3 is 0 Å². The van der Waals surface area contributed by atoms with Crippen molar-refractivity contribution in [1.29, 1.82) is 0 Å². The Balaban J connectivity index is 1.14. The molecule has 0 unspecified atom stereocenters. The SMILES string of the molecule is Cc1ccc(NCc2cccn2-c2nnc(N3CCC(C(=O)NCc4ccc(Cl)cc4)CC3)s2)cc1. The predicted molar refractivity (Wildman–Crippen MR) is 146 cm³/mol. The Hall–Kier alpha value is -3.36. The van der Waals surface area contributed by atoms with E-state index in [-0.39, 0.29) is 11.8 Å². The molecule has 0 atom stereocenters. The van der Waals surface area contributed by atoms with Crippen molar-refractivity contribution in [2.75, 3.05) is 23.3 Å². The fraction of sp³-hybridized carbons (Fsp3) is 0.296. The summed E-state index contributed by atoms with van der Waals surface area (Å²) in [5.41, 5.74) is 4.50. The lowest BCUT2D eigenvalue weighted by Crippen LogP contribution is -2.40. The summed E-state index contributed by atoms with van der Waals surface area (Å²) >= 11 is 7.52. The number of anilines is 2. The van der Waals surface area contributed by atoms with E-state index in [4.69, 9.17) is 11.6 Å². The lowest BCUT2D eigenvalue weighted by atomic mass is 9.96. The maximum absolute atomic E-state index is 12.7. The van der Waals surface area contributed by atoms with Crippen molar-refractivity contribution in [3.05, 3.63) is 88.7 Å². The number of rotatable bonds is 8. The van der Waals surface area contributed by atoms with Gasteiger partial charge in [0, 0.05) is 48.2 Å². The zero-order chi connectivity index (χ0) is 24.9. The van der Waals surface area contributed by atoms with Crippen molar-refractivity contribution in [2.45, 2.75) is 32.9 Å². The van der Waals surface area contributed by atoms with Gasteiger partial charge in [0.15, 0.2) is 0 Å². The van der Waals surface area contributed by atoms with Crippen LogP contribution in [0.5, 0.6) is 0 Å². The highest BCUT2D eigenvalue weighted by Crippen LogP contribution is 2.29. The van der Waals surface area contributed by atoms with Crippen LogP contribution in [0.15, 0.2) is 66.9 Å². The van der Waals surface area contributed by atoms with E-state index in [1.807, 2.05) is 36.5 Å². The van der Waals surface area contributed by atoms with Crippen LogP contribution < -0.4 is 15.5 Å². The van der Waals surface area contributed by atoms with Crippen LogP contribution in [0.1, 0.15) is 29.7 Å². The van der Waals surface area contributed by atoms with E-state index in [0.717, 1.165) is 53.1 Å². The summed E-state index contributed by atoms with van der Waals surface area (Å²) in [5, 5.41) is 17.9. The van der Waals surface area contributed by atoms with Crippen LogP contribution in [0.4, 0.5) is 10.8 Å². The van der Waals surface area contributed by atoms with Gasteiger partial charge in [-0.15, -0.1) is 10.2 Å². The number of carbonyl (C=O) groups is 1. The molecule has 2 N–H and O–H groups in total. The Morgan fingerprint density at radius 3 is 2.47 bits per heavy atom. The molecule has 1 aliphatic heterocycles. The van der Waals surface area contributed by atoms with Crippen molar-refractivity contribution >= 4 is 39.7 Å². The minimum absolute atomic E-state index is 0.0184. The van der Waals surface area contributed by atoms with Crippen LogP contribution in [0.3, 0.4) is 0 Å². The third kappa shape index (κ3) is 5.88. The summed E-state index contributed by atoms with van der Waals surface area (Å²) in [6.45, 7) is 4.89. The topological polar surface area (TPSA) is 75.1 Å². The second kappa shape index (κ2) is 11.1. The lowest BCUT2D eigenvalue weighted by molar-refractivity contribution is -0.125. The summed E-state index contributed by atoms with van der Waals surface area (Å²) in [6.07, 6.45) is 3.63. The Morgan fingerprint density at radius 1 is 1.00 bits per heavy atom. The van der Waals surface area contributed by atoms with Gasteiger partial charge in [-0.05, 0) is 61.7 Å². The minimum atomic E-state index is 0.0184. The van der Waals surface area contributed by atoms with Crippen LogP contribution in [0, 0.1) is 12.8 Å². The first kappa shape index (κ1) is 24.3. The van der Waals surface area contributed by atoms with E-state index in [1.165, 1.54) is 5.56 Å². The van der Waals surface area contributed by atoms with Crippen LogP contribution in [-0.4, -0.2) is 33.8 Å². The molecule has 4 aromatic rings. The first-order chi connectivity index (χ1) is 17.5. The number of aryl methyl sites for hydroxylation is 1. The van der Waals surface area contributed by atoms with Crippen molar-refractivity contribution in [1.82, 2.24) is 20.1 Å². The van der Waals surface area contributed by atoms with Gasteiger partial charge < -0.3 is 15.5 Å². The number of piperidine rings is 1. The average molecular weight is 521 g/mol. The van der Waals surface area contributed by atoms with Crippen LogP contribution >= 0.6 is 22.9 Å². The summed E-state index contributed by atoms with van der Waals surface area (Å²) in [6, 6.07) is 20.1. The maximum atomic E-state index is 12.7. The lowest BCUT2D eigenvalue weighted by Gasteiger charge is -2.30. The molecule has 1 fully saturated rings. The highest BCUT2D eigenvalue weighted by molar-refractivity contribution is 7.17. The Bertz CT molecular complexity index is 1290. The number of halogens is 1. The number of benzene rings is 2. The molecule has 7 nitrogen and oxygen atoms in total. The monoisotopic (exact) mass is 520 g/mol. The van der Waals surface area contributed by atoms with Crippen LogP contribution in [0.25, 0.3) is 5.13 Å². The van der Waals surface area contributed by atoms with Gasteiger partial charge in [-0.3, -0.25) is 9.36 Å². The first-order valence-corrected chi connectivity index (χ1v) is 13.3. The van der Waals surface area contributed by atoms with Crippen molar-refractivity contribution in [3.63, 3.8) is 0 Å².